The van der Waals surface area contributed by atoms with Crippen LogP contribution in [-0.4, -0.2) is 142 Å². The third kappa shape index (κ3) is 30.0. The summed E-state index contributed by atoms with van der Waals surface area (Å²) in [5, 5.41) is 72.2. The minimum atomic E-state index is -1.71. The molecule has 11 unspecified atom stereocenters. The van der Waals surface area contributed by atoms with Crippen LogP contribution < -0.4 is 0 Å². The zero-order valence-electron chi connectivity index (χ0n) is 43.2. The maximum absolute atomic E-state index is 13.0. The van der Waals surface area contributed by atoms with Gasteiger partial charge in [-0.25, -0.2) is 0 Å². The topological polar surface area (TPSA) is 214 Å². The largest absolute Gasteiger partial charge is 0.457 e. The molecule has 0 saturated carbocycles. The summed E-state index contributed by atoms with van der Waals surface area (Å²) in [6.45, 7) is 3.53. The molecule has 0 aromatic carbocycles. The van der Waals surface area contributed by atoms with Gasteiger partial charge in [-0.15, -0.1) is 0 Å². The second-order valence-corrected chi connectivity index (χ2v) is 19.0. The summed E-state index contributed by atoms with van der Waals surface area (Å²) in [6.07, 6.45) is 35.6. The number of hydrogen-bond donors (Lipinski definition) is 7. The maximum Gasteiger partial charge on any atom is 0.306 e. The van der Waals surface area contributed by atoms with E-state index >= 15 is 0 Å². The molecule has 2 heterocycles. The average molecular weight is 995 g/mol. The van der Waals surface area contributed by atoms with Gasteiger partial charge < -0.3 is 64.2 Å². The predicted molar refractivity (Wildman–Crippen MR) is 275 cm³/mol. The van der Waals surface area contributed by atoms with Crippen molar-refractivity contribution in [1.29, 1.82) is 0 Å². The fourth-order valence-electron chi connectivity index (χ4n) is 8.33. The number of rotatable bonds is 43. The van der Waals surface area contributed by atoms with E-state index < -0.39 is 80.7 Å². The number of ether oxygens (including phenoxy) is 6. The van der Waals surface area contributed by atoms with Crippen molar-refractivity contribution in [1.82, 2.24) is 0 Å². The van der Waals surface area contributed by atoms with Crippen molar-refractivity contribution in [2.75, 3.05) is 33.0 Å². The lowest BCUT2D eigenvalue weighted by atomic mass is 9.98. The zero-order valence-corrected chi connectivity index (χ0v) is 43.2. The third-order valence-electron chi connectivity index (χ3n) is 12.8. The molecule has 0 radical (unpaired) electrons. The van der Waals surface area contributed by atoms with Crippen LogP contribution in [0.25, 0.3) is 0 Å². The van der Waals surface area contributed by atoms with Crippen molar-refractivity contribution in [3.63, 3.8) is 0 Å². The highest BCUT2D eigenvalue weighted by Crippen LogP contribution is 2.26. The fourth-order valence-corrected chi connectivity index (χ4v) is 8.33. The number of carbonyl (C=O) groups is 1. The highest BCUT2D eigenvalue weighted by Gasteiger charge is 2.47. The molecule has 0 aromatic heterocycles. The Morgan fingerprint density at radius 1 is 0.486 bits per heavy atom. The quantitative estimate of drug-likeness (QED) is 0.0173. The van der Waals surface area contributed by atoms with E-state index in [1.165, 1.54) is 83.5 Å². The summed E-state index contributed by atoms with van der Waals surface area (Å²) in [5.74, 6) is -0.388. The molecule has 2 aliphatic heterocycles. The Morgan fingerprint density at radius 3 is 1.46 bits per heavy atom. The Balaban J connectivity index is 1.75. The minimum absolute atomic E-state index is 0.0510. The summed E-state index contributed by atoms with van der Waals surface area (Å²) < 4.78 is 34.3. The molecule has 0 spiro atoms. The lowest BCUT2D eigenvalue weighted by Gasteiger charge is -2.42. The predicted octanol–water partition coefficient (Wildman–Crippen LogP) is 8.91. The van der Waals surface area contributed by atoms with Crippen LogP contribution in [-0.2, 0) is 33.2 Å². The summed E-state index contributed by atoms with van der Waals surface area (Å²) in [6, 6.07) is 0. The van der Waals surface area contributed by atoms with Crippen molar-refractivity contribution in [3.8, 4) is 0 Å². The fraction of sp³-hybridized carbons (Fsp3) is 0.804. The van der Waals surface area contributed by atoms with Gasteiger partial charge >= 0.3 is 5.97 Å². The Bertz CT molecular complexity index is 1390. The van der Waals surface area contributed by atoms with Gasteiger partial charge in [-0.3, -0.25) is 4.79 Å². The molecule has 406 valence electrons. The zero-order chi connectivity index (χ0) is 50.9. The molecule has 0 amide bonds. The van der Waals surface area contributed by atoms with Crippen LogP contribution in [0.4, 0.5) is 0 Å². The van der Waals surface area contributed by atoms with Gasteiger partial charge in [0.05, 0.1) is 26.4 Å². The first-order valence-corrected chi connectivity index (χ1v) is 27.4. The normalized spacial score (nSPS) is 26.0. The molecule has 11 atom stereocenters. The molecule has 7 N–H and O–H groups in total. The van der Waals surface area contributed by atoms with Gasteiger partial charge in [-0.1, -0.05) is 164 Å². The van der Waals surface area contributed by atoms with Gasteiger partial charge in [0.2, 0.25) is 0 Å². The molecular weight excluding hydrogens is 897 g/mol. The lowest BCUT2D eigenvalue weighted by Crippen LogP contribution is -2.61. The van der Waals surface area contributed by atoms with Gasteiger partial charge in [-0.2, -0.15) is 0 Å². The third-order valence-corrected chi connectivity index (χ3v) is 12.8. The highest BCUT2D eigenvalue weighted by molar-refractivity contribution is 5.69. The van der Waals surface area contributed by atoms with Crippen LogP contribution in [0.5, 0.6) is 0 Å². The summed E-state index contributed by atoms with van der Waals surface area (Å²) in [5.41, 5.74) is 0. The number of aliphatic hydroxyl groups is 7. The molecule has 2 saturated heterocycles. The highest BCUT2D eigenvalue weighted by atomic mass is 16.7. The van der Waals surface area contributed by atoms with Crippen molar-refractivity contribution >= 4 is 5.97 Å². The summed E-state index contributed by atoms with van der Waals surface area (Å²) in [4.78, 5) is 13.0. The summed E-state index contributed by atoms with van der Waals surface area (Å²) in [7, 11) is 0. The van der Waals surface area contributed by atoms with E-state index in [9.17, 15) is 40.5 Å². The molecule has 2 aliphatic rings. The SMILES string of the molecule is CC/C=C\C/C=C\C/C=C\CCCCCCCCCCOCC(COC1OC(COC2OC(CO)C(O)C(O)C2O)C(O)C(O)C1O)OC(=O)CCCCCCCCC/C=C\C/C=C\CCCCCC. The maximum atomic E-state index is 13.0. The average Bonchev–Trinajstić information content (AvgIpc) is 3.36. The standard InChI is InChI=1S/C56H98O14/c1-3-5-7-9-11-13-15-17-19-21-23-25-27-29-31-33-35-37-39-48(58)68-45(42-65-40-38-36-34-32-30-28-26-24-22-20-18-16-14-12-10-8-6-4-2)43-66-55-54(64)52(62)50(60)47(70-55)44-67-56-53(63)51(61)49(59)46(41-57)69-56/h6,8,12-15,18-21,45-47,49-57,59-64H,3-5,7,9-11,16-17,22-44H2,1-2H3/b8-6-,14-12-,15-13-,20-18-,21-19-. The van der Waals surface area contributed by atoms with E-state index in [1.54, 1.807) is 0 Å². The monoisotopic (exact) mass is 995 g/mol. The number of esters is 1. The van der Waals surface area contributed by atoms with Gasteiger partial charge in [-0.05, 0) is 77.0 Å². The van der Waals surface area contributed by atoms with Crippen LogP contribution >= 0.6 is 0 Å². The van der Waals surface area contributed by atoms with Crippen LogP contribution in [0, 0.1) is 0 Å². The molecular formula is C56H98O14. The Hall–Kier alpha value is -2.31. The molecule has 0 bridgehead atoms. The summed E-state index contributed by atoms with van der Waals surface area (Å²) >= 11 is 0. The molecule has 14 heteroatoms. The van der Waals surface area contributed by atoms with E-state index in [4.69, 9.17) is 28.4 Å². The van der Waals surface area contributed by atoms with Crippen molar-refractivity contribution in [3.05, 3.63) is 60.8 Å². The molecule has 70 heavy (non-hydrogen) atoms. The Kier molecular flexibility index (Phi) is 39.3. The van der Waals surface area contributed by atoms with Gasteiger partial charge in [0.1, 0.15) is 54.9 Å². The molecule has 0 aliphatic carbocycles. The van der Waals surface area contributed by atoms with Crippen LogP contribution in [0.3, 0.4) is 0 Å². The first kappa shape index (κ1) is 63.8. The second-order valence-electron chi connectivity index (χ2n) is 19.0. The Labute approximate surface area is 422 Å². The second kappa shape index (κ2) is 43.1. The van der Waals surface area contributed by atoms with Crippen molar-refractivity contribution in [2.24, 2.45) is 0 Å². The van der Waals surface area contributed by atoms with Crippen LogP contribution in [0.1, 0.15) is 187 Å². The molecule has 2 rings (SSSR count). The van der Waals surface area contributed by atoms with E-state index in [0.717, 1.165) is 77.0 Å². The van der Waals surface area contributed by atoms with E-state index in [1.807, 2.05) is 0 Å². The number of allylic oxidation sites excluding steroid dienone is 10. The van der Waals surface area contributed by atoms with Crippen molar-refractivity contribution < 1.29 is 69.0 Å². The first-order valence-electron chi connectivity index (χ1n) is 27.4. The van der Waals surface area contributed by atoms with Gasteiger partial charge in [0.15, 0.2) is 12.6 Å². The number of hydrogen-bond acceptors (Lipinski definition) is 14. The number of aliphatic hydroxyl groups excluding tert-OH is 7. The van der Waals surface area contributed by atoms with Crippen molar-refractivity contribution in [2.45, 2.75) is 255 Å². The number of carbonyl (C=O) groups excluding carboxylic acids is 1. The van der Waals surface area contributed by atoms with Gasteiger partial charge in [0, 0.05) is 13.0 Å². The van der Waals surface area contributed by atoms with E-state index in [2.05, 4.69) is 74.6 Å². The number of unbranched alkanes of at least 4 members (excludes halogenated alkanes) is 19. The molecule has 2 fully saturated rings. The lowest BCUT2D eigenvalue weighted by molar-refractivity contribution is -0.332. The van der Waals surface area contributed by atoms with Gasteiger partial charge in [0.25, 0.3) is 0 Å². The van der Waals surface area contributed by atoms with Crippen LogP contribution in [0.2, 0.25) is 0 Å². The van der Waals surface area contributed by atoms with Crippen LogP contribution in [0.15, 0.2) is 60.8 Å². The van der Waals surface area contributed by atoms with E-state index in [0.29, 0.717) is 13.0 Å². The Morgan fingerprint density at radius 2 is 0.929 bits per heavy atom. The molecule has 14 nitrogen and oxygen atoms in total. The minimum Gasteiger partial charge on any atom is -0.457 e. The van der Waals surface area contributed by atoms with E-state index in [-0.39, 0.29) is 25.6 Å². The smallest absolute Gasteiger partial charge is 0.306 e. The first-order chi connectivity index (χ1) is 34.1. The molecule has 0 aromatic rings.